The first-order valence-electron chi connectivity index (χ1n) is 6.41. The molecule has 1 rings (SSSR count). The lowest BCUT2D eigenvalue weighted by Gasteiger charge is -2.30. The van der Waals surface area contributed by atoms with Crippen LogP contribution in [0, 0.1) is 0 Å². The minimum absolute atomic E-state index is 0.0376. The molecule has 0 aromatic heterocycles. The monoisotopic (exact) mass is 311 g/mol. The Hall–Kier alpha value is -0.890. The Morgan fingerprint density at radius 3 is 2.40 bits per heavy atom. The molecular formula is C12H22FNO5S. The molecule has 1 fully saturated rings. The van der Waals surface area contributed by atoms with E-state index in [1.807, 2.05) is 0 Å². The summed E-state index contributed by atoms with van der Waals surface area (Å²) in [5.41, 5.74) is -0.697. The standard InChI is InChI=1S/C12H22FNO5S/c1-8(19-20(5,16)17)10-6-9(13)7-14(10)11(15)18-12(2,3)4/h8-10H,6-7H2,1-5H3/t8-,9-,10+/m1/s1. The molecule has 0 N–H and O–H groups in total. The molecule has 0 radical (unpaired) electrons. The van der Waals surface area contributed by atoms with Crippen molar-refractivity contribution >= 4 is 16.2 Å². The third kappa shape index (κ3) is 5.24. The van der Waals surface area contributed by atoms with Crippen molar-refractivity contribution in [2.45, 2.75) is 58.0 Å². The van der Waals surface area contributed by atoms with E-state index in [0.29, 0.717) is 0 Å². The predicted octanol–water partition coefficient (Wildman–Crippen LogP) is 1.70. The minimum Gasteiger partial charge on any atom is -0.444 e. The SMILES string of the molecule is C[C@@H](OS(C)(=O)=O)[C@@H]1C[C@@H](F)CN1C(=O)OC(C)(C)C. The van der Waals surface area contributed by atoms with Gasteiger partial charge in [0.25, 0.3) is 10.1 Å². The number of halogens is 1. The fraction of sp³-hybridized carbons (Fsp3) is 0.917. The molecule has 1 saturated heterocycles. The number of hydrogen-bond acceptors (Lipinski definition) is 5. The van der Waals surface area contributed by atoms with E-state index < -0.39 is 40.1 Å². The summed E-state index contributed by atoms with van der Waals surface area (Å²) in [6.45, 7) is 6.51. The number of carbonyl (C=O) groups is 1. The summed E-state index contributed by atoms with van der Waals surface area (Å²) in [5.74, 6) is 0. The normalized spacial score (nSPS) is 25.6. The molecule has 6 nitrogen and oxygen atoms in total. The lowest BCUT2D eigenvalue weighted by Crippen LogP contribution is -2.45. The largest absolute Gasteiger partial charge is 0.444 e. The summed E-state index contributed by atoms with van der Waals surface area (Å²) < 4.78 is 45.9. The molecule has 20 heavy (non-hydrogen) atoms. The highest BCUT2D eigenvalue weighted by molar-refractivity contribution is 7.86. The van der Waals surface area contributed by atoms with Crippen LogP contribution in [0.25, 0.3) is 0 Å². The highest BCUT2D eigenvalue weighted by Gasteiger charge is 2.41. The van der Waals surface area contributed by atoms with Crippen LogP contribution in [0.2, 0.25) is 0 Å². The number of alkyl halides is 1. The summed E-state index contributed by atoms with van der Waals surface area (Å²) in [5, 5.41) is 0. The van der Waals surface area contributed by atoms with Crippen molar-refractivity contribution < 1.29 is 26.5 Å². The first-order valence-corrected chi connectivity index (χ1v) is 8.22. The van der Waals surface area contributed by atoms with Gasteiger partial charge in [-0.3, -0.25) is 9.08 Å². The molecule has 0 aromatic carbocycles. The molecular weight excluding hydrogens is 289 g/mol. The number of carbonyl (C=O) groups excluding carboxylic acids is 1. The third-order valence-corrected chi connectivity index (χ3v) is 3.44. The molecule has 0 aliphatic carbocycles. The topological polar surface area (TPSA) is 72.9 Å². The number of amides is 1. The molecule has 0 spiro atoms. The maximum atomic E-state index is 13.6. The van der Waals surface area contributed by atoms with Gasteiger partial charge in [-0.2, -0.15) is 8.42 Å². The van der Waals surface area contributed by atoms with Gasteiger partial charge >= 0.3 is 6.09 Å². The van der Waals surface area contributed by atoms with Crippen LogP contribution in [0.5, 0.6) is 0 Å². The zero-order valence-corrected chi connectivity index (χ0v) is 13.2. The van der Waals surface area contributed by atoms with Crippen LogP contribution >= 0.6 is 0 Å². The van der Waals surface area contributed by atoms with Gasteiger partial charge in [-0.25, -0.2) is 9.18 Å². The Labute approximate surface area is 119 Å². The predicted molar refractivity (Wildman–Crippen MR) is 71.6 cm³/mol. The van der Waals surface area contributed by atoms with E-state index in [0.717, 1.165) is 6.26 Å². The second kappa shape index (κ2) is 5.85. The molecule has 1 amide bonds. The molecule has 1 aliphatic heterocycles. The Morgan fingerprint density at radius 1 is 1.40 bits per heavy atom. The quantitative estimate of drug-likeness (QED) is 0.742. The van der Waals surface area contributed by atoms with E-state index in [-0.39, 0.29) is 13.0 Å². The summed E-state index contributed by atoms with van der Waals surface area (Å²) >= 11 is 0. The van der Waals surface area contributed by atoms with Crippen LogP contribution in [0.3, 0.4) is 0 Å². The first kappa shape index (κ1) is 17.2. The fourth-order valence-electron chi connectivity index (χ4n) is 2.13. The minimum atomic E-state index is -3.66. The Kier molecular flexibility index (Phi) is 5.02. The molecule has 0 saturated carbocycles. The molecule has 3 atom stereocenters. The molecule has 1 heterocycles. The number of ether oxygens (including phenoxy) is 1. The van der Waals surface area contributed by atoms with Crippen LogP contribution < -0.4 is 0 Å². The van der Waals surface area contributed by atoms with Gasteiger partial charge in [-0.05, 0) is 27.7 Å². The van der Waals surface area contributed by atoms with E-state index >= 15 is 0 Å². The van der Waals surface area contributed by atoms with Crippen LogP contribution in [0.15, 0.2) is 0 Å². The number of hydrogen-bond donors (Lipinski definition) is 0. The summed E-state index contributed by atoms with van der Waals surface area (Å²) in [6, 6.07) is -0.658. The van der Waals surface area contributed by atoms with Crippen molar-refractivity contribution in [2.75, 3.05) is 12.8 Å². The van der Waals surface area contributed by atoms with Crippen LogP contribution in [0.4, 0.5) is 9.18 Å². The maximum Gasteiger partial charge on any atom is 0.410 e. The van der Waals surface area contributed by atoms with E-state index in [1.54, 1.807) is 20.8 Å². The Morgan fingerprint density at radius 2 is 1.95 bits per heavy atom. The number of rotatable bonds is 3. The zero-order chi connectivity index (χ0) is 15.7. The molecule has 118 valence electrons. The summed E-state index contributed by atoms with van der Waals surface area (Å²) in [6.07, 6.45) is -1.73. The zero-order valence-electron chi connectivity index (χ0n) is 12.4. The average Bonchev–Trinajstić information content (AvgIpc) is 2.55. The first-order chi connectivity index (χ1) is 8.89. The second-order valence-electron chi connectivity index (χ2n) is 6.04. The van der Waals surface area contributed by atoms with Gasteiger partial charge in [0.15, 0.2) is 0 Å². The van der Waals surface area contributed by atoms with Gasteiger partial charge < -0.3 is 4.74 Å². The molecule has 0 aromatic rings. The van der Waals surface area contributed by atoms with Gasteiger partial charge in [0, 0.05) is 6.42 Å². The van der Waals surface area contributed by atoms with E-state index in [2.05, 4.69) is 0 Å². The van der Waals surface area contributed by atoms with Crippen LogP contribution in [-0.2, 0) is 19.0 Å². The highest BCUT2D eigenvalue weighted by atomic mass is 32.2. The summed E-state index contributed by atoms with van der Waals surface area (Å²) in [4.78, 5) is 13.2. The molecule has 1 aliphatic rings. The van der Waals surface area contributed by atoms with Crippen molar-refractivity contribution in [1.82, 2.24) is 4.90 Å². The van der Waals surface area contributed by atoms with E-state index in [4.69, 9.17) is 8.92 Å². The third-order valence-electron chi connectivity index (χ3n) is 2.79. The lowest BCUT2D eigenvalue weighted by molar-refractivity contribution is 0.0113. The lowest BCUT2D eigenvalue weighted by atomic mass is 10.1. The second-order valence-corrected chi connectivity index (χ2v) is 7.64. The van der Waals surface area contributed by atoms with Crippen molar-refractivity contribution in [2.24, 2.45) is 0 Å². The van der Waals surface area contributed by atoms with E-state index in [9.17, 15) is 17.6 Å². The summed E-state index contributed by atoms with van der Waals surface area (Å²) in [7, 11) is -3.66. The Bertz CT molecular complexity index is 459. The van der Waals surface area contributed by atoms with Crippen molar-refractivity contribution in [3.05, 3.63) is 0 Å². The van der Waals surface area contributed by atoms with Crippen molar-refractivity contribution in [3.63, 3.8) is 0 Å². The molecule has 8 heteroatoms. The van der Waals surface area contributed by atoms with Crippen molar-refractivity contribution in [1.29, 1.82) is 0 Å². The molecule has 0 bridgehead atoms. The fourth-order valence-corrected chi connectivity index (χ4v) is 2.81. The molecule has 0 unspecified atom stereocenters. The van der Waals surface area contributed by atoms with Gasteiger partial charge in [0.1, 0.15) is 11.8 Å². The Balaban J connectivity index is 2.80. The van der Waals surface area contributed by atoms with Crippen LogP contribution in [-0.4, -0.2) is 56.1 Å². The van der Waals surface area contributed by atoms with Gasteiger partial charge in [-0.15, -0.1) is 0 Å². The maximum absolute atomic E-state index is 13.6. The number of likely N-dealkylation sites (tertiary alicyclic amines) is 1. The van der Waals surface area contributed by atoms with Crippen molar-refractivity contribution in [3.8, 4) is 0 Å². The van der Waals surface area contributed by atoms with Gasteiger partial charge in [0.05, 0.1) is 24.9 Å². The van der Waals surface area contributed by atoms with Gasteiger partial charge in [-0.1, -0.05) is 0 Å². The van der Waals surface area contributed by atoms with Crippen LogP contribution in [0.1, 0.15) is 34.1 Å². The number of nitrogens with zero attached hydrogens (tertiary/aromatic N) is 1. The highest BCUT2D eigenvalue weighted by Crippen LogP contribution is 2.27. The van der Waals surface area contributed by atoms with Gasteiger partial charge in [0.2, 0.25) is 0 Å². The smallest absolute Gasteiger partial charge is 0.410 e. The van der Waals surface area contributed by atoms with E-state index in [1.165, 1.54) is 11.8 Å². The average molecular weight is 311 g/mol.